The van der Waals surface area contributed by atoms with Gasteiger partial charge in [0.1, 0.15) is 0 Å². The molecule has 1 amide bonds. The van der Waals surface area contributed by atoms with Gasteiger partial charge in [0, 0.05) is 12.7 Å². The van der Waals surface area contributed by atoms with E-state index in [1.807, 2.05) is 20.1 Å². The molecule has 2 nitrogen and oxygen atoms in total. The van der Waals surface area contributed by atoms with Crippen molar-refractivity contribution in [2.24, 2.45) is 46.3 Å². The Kier molecular flexibility index (Phi) is 8.30. The molecule has 3 heteroatoms. The molecule has 0 aliphatic heterocycles. The second kappa shape index (κ2) is 10.2. The van der Waals surface area contributed by atoms with Crippen molar-refractivity contribution in [3.8, 4) is 0 Å². The summed E-state index contributed by atoms with van der Waals surface area (Å²) >= 11 is 1.43. The van der Waals surface area contributed by atoms with Crippen LogP contribution in [0.2, 0.25) is 0 Å². The average Bonchev–Trinajstić information content (AvgIpc) is 3.10. The fraction of sp³-hybridized carbons (Fsp3) is 0.963. The van der Waals surface area contributed by atoms with Gasteiger partial charge >= 0.3 is 0 Å². The first kappa shape index (κ1) is 24.5. The lowest BCUT2D eigenvalue weighted by molar-refractivity contribution is -0.120. The Bertz CT molecular complexity index is 579. The molecule has 8 atom stereocenters. The van der Waals surface area contributed by atoms with E-state index in [9.17, 15) is 4.79 Å². The first-order valence-corrected chi connectivity index (χ1v) is 14.4. The minimum absolute atomic E-state index is 0.214. The fourth-order valence-electron chi connectivity index (χ4n) is 9.00. The highest BCUT2D eigenvalue weighted by Gasteiger charge is 2.60. The molecule has 0 radical (unpaired) electrons. The molecule has 4 rings (SSSR count). The van der Waals surface area contributed by atoms with Crippen LogP contribution in [0, 0.1) is 46.3 Å². The predicted molar refractivity (Wildman–Crippen MR) is 131 cm³/mol. The van der Waals surface area contributed by atoms with E-state index in [1.54, 1.807) is 0 Å². The Morgan fingerprint density at radius 3 is 2.43 bits per heavy atom. The lowest BCUT2D eigenvalue weighted by Crippen LogP contribution is -2.53. The fourth-order valence-corrected chi connectivity index (χ4v) is 9.33. The highest BCUT2D eigenvalue weighted by molar-refractivity contribution is 7.97. The molecule has 0 aromatic rings. The summed E-state index contributed by atoms with van der Waals surface area (Å²) < 4.78 is 2.90. The van der Waals surface area contributed by atoms with Crippen LogP contribution in [0.3, 0.4) is 0 Å². The summed E-state index contributed by atoms with van der Waals surface area (Å²) in [5.41, 5.74) is 1.19. The van der Waals surface area contributed by atoms with Crippen molar-refractivity contribution < 1.29 is 4.79 Å². The van der Waals surface area contributed by atoms with Crippen LogP contribution in [0.25, 0.3) is 0 Å². The molecule has 174 valence electrons. The van der Waals surface area contributed by atoms with E-state index < -0.39 is 0 Å². The van der Waals surface area contributed by atoms with Gasteiger partial charge in [-0.1, -0.05) is 59.4 Å². The van der Waals surface area contributed by atoms with Crippen LogP contribution in [0.15, 0.2) is 0 Å². The van der Waals surface area contributed by atoms with Gasteiger partial charge in [-0.3, -0.25) is 4.79 Å². The number of fused-ring (bicyclic) bond motifs is 5. The zero-order chi connectivity index (χ0) is 21.9. The van der Waals surface area contributed by atoms with E-state index in [0.717, 1.165) is 36.0 Å². The van der Waals surface area contributed by atoms with E-state index in [-0.39, 0.29) is 5.91 Å². The zero-order valence-electron chi connectivity index (χ0n) is 20.8. The molecular formula is C27H49NOS. The van der Waals surface area contributed by atoms with Crippen LogP contribution >= 0.6 is 11.9 Å². The van der Waals surface area contributed by atoms with Gasteiger partial charge in [0.2, 0.25) is 5.91 Å². The van der Waals surface area contributed by atoms with Crippen molar-refractivity contribution in [1.29, 1.82) is 0 Å². The molecule has 4 fully saturated rings. The largest absolute Gasteiger partial charge is 0.300 e. The molecule has 0 saturated heterocycles. The molecule has 4 aliphatic rings. The molecule has 30 heavy (non-hydrogen) atoms. The van der Waals surface area contributed by atoms with Crippen LogP contribution < -0.4 is 4.72 Å². The first-order valence-electron chi connectivity index (χ1n) is 13.2. The van der Waals surface area contributed by atoms with Crippen molar-refractivity contribution in [2.45, 2.75) is 112 Å². The standard InChI is InChI=1S/C25H43NOS.C2H6/c1-17(8-13-23(27)26-28-4)20-11-12-21-19-10-9-18-7-5-6-15-24(18,2)22(19)14-16-25(20,21)3;1-2/h17-22H,5-16H2,1-4H3,(H,26,27);1-2H3/t17-,18?,19?,20?,21?,22?,24?,25?;/m1./s1. The lowest BCUT2D eigenvalue weighted by atomic mass is 9.44. The van der Waals surface area contributed by atoms with Crippen molar-refractivity contribution in [3.63, 3.8) is 0 Å². The van der Waals surface area contributed by atoms with Gasteiger partial charge in [-0.25, -0.2) is 0 Å². The second-order valence-corrected chi connectivity index (χ2v) is 12.0. The van der Waals surface area contributed by atoms with Crippen molar-refractivity contribution >= 4 is 17.9 Å². The monoisotopic (exact) mass is 435 g/mol. The molecule has 0 bridgehead atoms. The maximum Gasteiger partial charge on any atom is 0.229 e. The topological polar surface area (TPSA) is 29.1 Å². The van der Waals surface area contributed by atoms with Gasteiger partial charge in [0.05, 0.1) is 0 Å². The summed E-state index contributed by atoms with van der Waals surface area (Å²) in [5.74, 6) is 5.71. The average molecular weight is 436 g/mol. The summed E-state index contributed by atoms with van der Waals surface area (Å²) in [6, 6.07) is 0. The highest BCUT2D eigenvalue weighted by atomic mass is 32.2. The SMILES string of the molecule is CC.CSNC(=O)CC[C@@H](C)C1CCC2C3CCC4CCCCC4(C)C3CCC21C. The highest BCUT2D eigenvalue weighted by Crippen LogP contribution is 2.68. The Morgan fingerprint density at radius 2 is 1.70 bits per heavy atom. The summed E-state index contributed by atoms with van der Waals surface area (Å²) in [6.07, 6.45) is 18.5. The van der Waals surface area contributed by atoms with E-state index in [0.29, 0.717) is 23.2 Å². The maximum atomic E-state index is 12.0. The molecule has 0 heterocycles. The molecule has 1 N–H and O–H groups in total. The number of amides is 1. The van der Waals surface area contributed by atoms with Crippen molar-refractivity contribution in [1.82, 2.24) is 4.72 Å². The third-order valence-corrected chi connectivity index (χ3v) is 10.8. The third kappa shape index (κ3) is 4.35. The molecule has 0 aromatic carbocycles. The van der Waals surface area contributed by atoms with Gasteiger partial charge in [0.15, 0.2) is 0 Å². The Morgan fingerprint density at radius 1 is 0.967 bits per heavy atom. The number of hydrogen-bond donors (Lipinski definition) is 1. The van der Waals surface area contributed by atoms with Gasteiger partial charge in [0.25, 0.3) is 0 Å². The minimum atomic E-state index is 0.214. The molecule has 0 spiro atoms. The zero-order valence-corrected chi connectivity index (χ0v) is 21.6. The predicted octanol–water partition coefficient (Wildman–Crippen LogP) is 7.87. The van der Waals surface area contributed by atoms with Crippen LogP contribution in [-0.2, 0) is 4.79 Å². The Balaban J connectivity index is 0.00000124. The molecule has 7 unspecified atom stereocenters. The molecule has 0 aromatic heterocycles. The van der Waals surface area contributed by atoms with Gasteiger partial charge < -0.3 is 4.72 Å². The molecule has 4 aliphatic carbocycles. The van der Waals surface area contributed by atoms with Gasteiger partial charge in [-0.15, -0.1) is 0 Å². The first-order chi connectivity index (χ1) is 14.4. The van der Waals surface area contributed by atoms with Crippen LogP contribution in [0.1, 0.15) is 112 Å². The Hall–Kier alpha value is -0.180. The summed E-state index contributed by atoms with van der Waals surface area (Å²) in [4.78, 5) is 12.0. The molecule has 4 saturated carbocycles. The van der Waals surface area contributed by atoms with Gasteiger partial charge in [-0.2, -0.15) is 0 Å². The van der Waals surface area contributed by atoms with Crippen molar-refractivity contribution in [3.05, 3.63) is 0 Å². The van der Waals surface area contributed by atoms with Crippen LogP contribution in [0.4, 0.5) is 0 Å². The summed E-state index contributed by atoms with van der Waals surface area (Å²) in [6.45, 7) is 11.8. The Labute approximate surface area is 191 Å². The van der Waals surface area contributed by atoms with Gasteiger partial charge in [-0.05, 0) is 104 Å². The quantitative estimate of drug-likeness (QED) is 0.445. The number of carbonyl (C=O) groups is 1. The lowest BCUT2D eigenvalue weighted by Gasteiger charge is -2.61. The maximum absolute atomic E-state index is 12.0. The summed E-state index contributed by atoms with van der Waals surface area (Å²) in [5, 5.41) is 0. The normalized spacial score (nSPS) is 43.3. The second-order valence-electron chi connectivity index (χ2n) is 11.4. The van der Waals surface area contributed by atoms with E-state index >= 15 is 0 Å². The van der Waals surface area contributed by atoms with Crippen LogP contribution in [0.5, 0.6) is 0 Å². The third-order valence-electron chi connectivity index (χ3n) is 10.4. The van der Waals surface area contributed by atoms with E-state index in [2.05, 4.69) is 25.5 Å². The van der Waals surface area contributed by atoms with Crippen molar-refractivity contribution in [2.75, 3.05) is 6.26 Å². The summed E-state index contributed by atoms with van der Waals surface area (Å²) in [7, 11) is 0. The number of hydrogen-bond acceptors (Lipinski definition) is 2. The number of rotatable bonds is 5. The number of nitrogens with one attached hydrogen (secondary N) is 1. The van der Waals surface area contributed by atoms with E-state index in [1.165, 1.54) is 76.2 Å². The smallest absolute Gasteiger partial charge is 0.229 e. The minimum Gasteiger partial charge on any atom is -0.300 e. The van der Waals surface area contributed by atoms with E-state index in [4.69, 9.17) is 0 Å². The molecular weight excluding hydrogens is 386 g/mol. The number of carbonyl (C=O) groups excluding carboxylic acids is 1. The van der Waals surface area contributed by atoms with Crippen LogP contribution in [-0.4, -0.2) is 12.2 Å².